The minimum absolute atomic E-state index is 0.557. The van der Waals surface area contributed by atoms with Gasteiger partial charge in [0.05, 0.1) is 5.54 Å². The van der Waals surface area contributed by atoms with E-state index in [9.17, 15) is 13.2 Å². The van der Waals surface area contributed by atoms with E-state index in [2.05, 4.69) is 0 Å². The van der Waals surface area contributed by atoms with Crippen LogP contribution in [-0.4, -0.2) is 35.7 Å². The third-order valence-electron chi connectivity index (χ3n) is 1.67. The normalized spacial score (nSPS) is 18.8. The molecule has 12 heavy (non-hydrogen) atoms. The molecule has 74 valence electrons. The second-order valence-corrected chi connectivity index (χ2v) is 8.90. The van der Waals surface area contributed by atoms with Crippen LogP contribution in [0.25, 0.3) is 0 Å². The summed E-state index contributed by atoms with van der Waals surface area (Å²) in [6, 6.07) is 0. The van der Waals surface area contributed by atoms with Gasteiger partial charge in [-0.3, -0.25) is 0 Å². The molecule has 0 radical (unpaired) electrons. The molecule has 0 aliphatic carbocycles. The molecule has 0 bridgehead atoms. The molecule has 0 saturated heterocycles. The Morgan fingerprint density at radius 1 is 1.50 bits per heavy atom. The Balaban J connectivity index is 3.84. The van der Waals surface area contributed by atoms with E-state index in [0.29, 0.717) is 10.5 Å². The first-order valence-corrected chi connectivity index (χ1v) is 7.83. The summed E-state index contributed by atoms with van der Waals surface area (Å²) in [5, 5.41) is 0. The second-order valence-electron chi connectivity index (χ2n) is 2.61. The van der Waals surface area contributed by atoms with Gasteiger partial charge in [-0.15, -0.1) is 0 Å². The number of hydrogen-bond donors (Lipinski definition) is 0. The van der Waals surface area contributed by atoms with Gasteiger partial charge in [0.15, 0.2) is 9.04 Å². The van der Waals surface area contributed by atoms with E-state index in [1.54, 1.807) is 6.55 Å². The van der Waals surface area contributed by atoms with Gasteiger partial charge >= 0.3 is 6.18 Å². The number of halogens is 3. The Morgan fingerprint density at radius 3 is 2.33 bits per heavy atom. The third kappa shape index (κ3) is 4.40. The first kappa shape index (κ1) is 12.4. The molecule has 0 aromatic heterocycles. The van der Waals surface area contributed by atoms with Crippen molar-refractivity contribution < 1.29 is 21.4 Å². The van der Waals surface area contributed by atoms with E-state index in [0.717, 1.165) is 0 Å². The molecule has 0 aromatic rings. The standard InChI is InChI=1S/C4H13F3O2Si3/c1-3(4(5,6)7)12(2)9-11-8-10/h3,12H,11H2,1-2,10H3. The van der Waals surface area contributed by atoms with E-state index in [1.165, 1.54) is 6.92 Å². The topological polar surface area (TPSA) is 18.5 Å². The van der Waals surface area contributed by atoms with Gasteiger partial charge in [-0.1, -0.05) is 6.92 Å². The third-order valence-corrected chi connectivity index (χ3v) is 7.05. The minimum Gasteiger partial charge on any atom is -0.449 e. The van der Waals surface area contributed by atoms with Gasteiger partial charge in [-0.25, -0.2) is 0 Å². The van der Waals surface area contributed by atoms with E-state index in [1.807, 2.05) is 0 Å². The highest BCUT2D eigenvalue weighted by Crippen LogP contribution is 2.32. The van der Waals surface area contributed by atoms with Crippen LogP contribution in [0, 0.1) is 0 Å². The first-order chi connectivity index (χ1) is 5.39. The van der Waals surface area contributed by atoms with Crippen molar-refractivity contribution in [3.8, 4) is 0 Å². The summed E-state index contributed by atoms with van der Waals surface area (Å²) < 4.78 is 46.0. The highest BCUT2D eigenvalue weighted by Gasteiger charge is 2.40. The molecular formula is C4H13F3O2Si3. The highest BCUT2D eigenvalue weighted by atomic mass is 28.4. The van der Waals surface area contributed by atoms with Gasteiger partial charge in [0.2, 0.25) is 0 Å². The van der Waals surface area contributed by atoms with Crippen molar-refractivity contribution in [3.05, 3.63) is 0 Å². The predicted octanol–water partition coefficient (Wildman–Crippen LogP) is -0.395. The molecule has 0 amide bonds. The molecule has 0 fully saturated rings. The fraction of sp³-hybridized carbons (Fsp3) is 1.00. The molecule has 8 heteroatoms. The Hall–Kier alpha value is 0.361. The molecule has 0 heterocycles. The maximum absolute atomic E-state index is 12.1. The van der Waals surface area contributed by atoms with Crippen LogP contribution < -0.4 is 0 Å². The summed E-state index contributed by atoms with van der Waals surface area (Å²) in [7, 11) is -2.65. The summed E-state index contributed by atoms with van der Waals surface area (Å²) in [5.41, 5.74) is -1.28. The molecule has 0 aliphatic heterocycles. The fourth-order valence-electron chi connectivity index (χ4n) is 0.586. The Labute approximate surface area is 76.8 Å². The molecule has 0 N–H and O–H groups in total. The van der Waals surface area contributed by atoms with E-state index < -0.39 is 30.8 Å². The van der Waals surface area contributed by atoms with E-state index >= 15 is 0 Å². The predicted molar refractivity (Wildman–Crippen MR) is 49.1 cm³/mol. The van der Waals surface area contributed by atoms with E-state index in [4.69, 9.17) is 8.23 Å². The molecule has 0 rings (SSSR count). The zero-order valence-corrected chi connectivity index (χ0v) is 11.9. The number of rotatable bonds is 4. The van der Waals surface area contributed by atoms with Gasteiger partial charge in [0, 0.05) is 0 Å². The average Bonchev–Trinajstić information content (AvgIpc) is 1.97. The zero-order valence-electron chi connectivity index (χ0n) is 7.31. The van der Waals surface area contributed by atoms with Crippen LogP contribution in [0.3, 0.4) is 0 Å². The number of alkyl halides is 3. The average molecular weight is 234 g/mol. The van der Waals surface area contributed by atoms with Gasteiger partial charge in [-0.05, 0) is 6.55 Å². The monoisotopic (exact) mass is 234 g/mol. The highest BCUT2D eigenvalue weighted by molar-refractivity contribution is 6.58. The first-order valence-electron chi connectivity index (χ1n) is 3.56. The van der Waals surface area contributed by atoms with Crippen molar-refractivity contribution in [2.45, 2.75) is 25.2 Å². The van der Waals surface area contributed by atoms with Crippen LogP contribution in [0.4, 0.5) is 13.2 Å². The Morgan fingerprint density at radius 2 is 2.00 bits per heavy atom. The molecule has 2 atom stereocenters. The Bertz CT molecular complexity index is 131. The molecule has 0 aromatic carbocycles. The van der Waals surface area contributed by atoms with Crippen LogP contribution in [0.15, 0.2) is 0 Å². The lowest BCUT2D eigenvalue weighted by molar-refractivity contribution is -0.132. The summed E-state index contributed by atoms with van der Waals surface area (Å²) in [6.07, 6.45) is -4.11. The van der Waals surface area contributed by atoms with Crippen molar-refractivity contribution in [2.24, 2.45) is 0 Å². The van der Waals surface area contributed by atoms with Crippen LogP contribution in [0.1, 0.15) is 6.92 Å². The maximum Gasteiger partial charge on any atom is 0.391 e. The smallest absolute Gasteiger partial charge is 0.391 e. The van der Waals surface area contributed by atoms with Gasteiger partial charge in [0.25, 0.3) is 10.0 Å². The molecule has 0 aliphatic rings. The van der Waals surface area contributed by atoms with Crippen molar-refractivity contribution in [3.63, 3.8) is 0 Å². The lowest BCUT2D eigenvalue weighted by atomic mass is 10.5. The van der Waals surface area contributed by atoms with E-state index in [-0.39, 0.29) is 0 Å². The zero-order chi connectivity index (χ0) is 9.78. The van der Waals surface area contributed by atoms with Crippen LogP contribution >= 0.6 is 0 Å². The largest absolute Gasteiger partial charge is 0.449 e. The quantitative estimate of drug-likeness (QED) is 0.617. The second kappa shape index (κ2) is 5.17. The van der Waals surface area contributed by atoms with Crippen molar-refractivity contribution in [2.75, 3.05) is 0 Å². The lowest BCUT2D eigenvalue weighted by Gasteiger charge is -2.21. The van der Waals surface area contributed by atoms with Crippen molar-refractivity contribution >= 4 is 29.5 Å². The van der Waals surface area contributed by atoms with Gasteiger partial charge in [0.1, 0.15) is 10.5 Å². The summed E-state index contributed by atoms with van der Waals surface area (Å²) in [5.74, 6) is 0. The lowest BCUT2D eigenvalue weighted by Crippen LogP contribution is -2.31. The molecule has 2 nitrogen and oxygen atoms in total. The van der Waals surface area contributed by atoms with Gasteiger partial charge in [-0.2, -0.15) is 13.2 Å². The van der Waals surface area contributed by atoms with Crippen LogP contribution in [0.5, 0.6) is 0 Å². The van der Waals surface area contributed by atoms with Crippen LogP contribution in [0.2, 0.25) is 12.1 Å². The molecule has 2 unspecified atom stereocenters. The van der Waals surface area contributed by atoms with Crippen LogP contribution in [-0.2, 0) is 8.23 Å². The number of hydrogen-bond acceptors (Lipinski definition) is 2. The molecule has 0 saturated carbocycles. The van der Waals surface area contributed by atoms with Crippen molar-refractivity contribution in [1.29, 1.82) is 0 Å². The van der Waals surface area contributed by atoms with Gasteiger partial charge < -0.3 is 8.23 Å². The molecular weight excluding hydrogens is 221 g/mol. The maximum atomic E-state index is 12.1. The minimum atomic E-state index is -4.11. The SMILES string of the molecule is CC([SiH](C)O[SiH2]O[SiH3])C(F)(F)F. The van der Waals surface area contributed by atoms with Crippen molar-refractivity contribution in [1.82, 2.24) is 0 Å². The fourth-order valence-corrected chi connectivity index (χ4v) is 4.90. The summed E-state index contributed by atoms with van der Waals surface area (Å²) >= 11 is 0. The Kier molecular flexibility index (Phi) is 5.32. The summed E-state index contributed by atoms with van der Waals surface area (Å²) in [6.45, 7) is 2.74. The molecule has 0 spiro atoms. The summed E-state index contributed by atoms with van der Waals surface area (Å²) in [4.78, 5) is 0.